The fourth-order valence-electron chi connectivity index (χ4n) is 16.1. The molecule has 16 aromatic rings. The predicted octanol–water partition coefficient (Wildman–Crippen LogP) is 21.0. The van der Waals surface area contributed by atoms with Crippen LogP contribution in [0.4, 0.5) is 0 Å². The Morgan fingerprint density at radius 3 is 1.46 bits per heavy atom. The van der Waals surface area contributed by atoms with E-state index in [1.807, 2.05) is 12.1 Å². The van der Waals surface area contributed by atoms with Gasteiger partial charge in [-0.2, -0.15) is 0 Å². The number of fused-ring (bicyclic) bond motifs is 9. The fraction of sp³-hybridized carbons (Fsp3) is 0.0345. The van der Waals surface area contributed by atoms with Crippen molar-refractivity contribution in [3.63, 3.8) is 0 Å². The first-order valence-corrected chi connectivity index (χ1v) is 33.6. The minimum atomic E-state index is -3.20. The van der Waals surface area contributed by atoms with Gasteiger partial charge in [-0.25, -0.2) is 0 Å². The molecule has 0 radical (unpaired) electrons. The molecule has 13 aromatic carbocycles. The summed E-state index contributed by atoms with van der Waals surface area (Å²) >= 11 is 0. The van der Waals surface area contributed by atoms with Crippen LogP contribution in [0.1, 0.15) is 41.0 Å². The van der Waals surface area contributed by atoms with Crippen LogP contribution >= 0.6 is 0 Å². The molecule has 2 unspecified atom stereocenters. The van der Waals surface area contributed by atoms with E-state index in [2.05, 4.69) is 321 Å². The maximum Gasteiger partial charge on any atom is 0.179 e. The molecule has 0 aliphatic heterocycles. The van der Waals surface area contributed by atoms with E-state index >= 15 is 0 Å². The lowest BCUT2D eigenvalue weighted by Crippen LogP contribution is -2.69. The topological polar surface area (TPSA) is 31.2 Å². The van der Waals surface area contributed by atoms with Crippen LogP contribution < -0.4 is 15.6 Å². The van der Waals surface area contributed by atoms with E-state index in [0.717, 1.165) is 82.8 Å². The molecular weight excluding hydrogens is 1120 g/mol. The smallest absolute Gasteiger partial charge is 0.179 e. The van der Waals surface area contributed by atoms with E-state index in [1.165, 1.54) is 87.3 Å². The molecule has 4 heteroatoms. The second kappa shape index (κ2) is 20.9. The van der Waals surface area contributed by atoms with Crippen molar-refractivity contribution in [1.82, 2.24) is 4.57 Å². The van der Waals surface area contributed by atoms with Crippen LogP contribution in [-0.4, -0.2) is 12.6 Å². The molecule has 19 rings (SSSR count). The van der Waals surface area contributed by atoms with Gasteiger partial charge in [0, 0.05) is 44.2 Å². The van der Waals surface area contributed by atoms with Crippen molar-refractivity contribution < 1.29 is 8.83 Å². The molecule has 0 N–H and O–H groups in total. The summed E-state index contributed by atoms with van der Waals surface area (Å²) in [7, 11) is -3.20. The van der Waals surface area contributed by atoms with Gasteiger partial charge in [0.05, 0.1) is 16.7 Å². The summed E-state index contributed by atoms with van der Waals surface area (Å²) in [5.41, 5.74) is 24.6. The molecule has 2 atom stereocenters. The third-order valence-electron chi connectivity index (χ3n) is 19.9. The summed E-state index contributed by atoms with van der Waals surface area (Å²) in [4.78, 5) is 0. The number of furan rings is 2. The molecule has 3 aliphatic rings. The third kappa shape index (κ3) is 7.99. The van der Waals surface area contributed by atoms with Gasteiger partial charge in [0.1, 0.15) is 22.3 Å². The summed E-state index contributed by atoms with van der Waals surface area (Å²) < 4.78 is 15.4. The van der Waals surface area contributed by atoms with Crippen molar-refractivity contribution in [3.8, 4) is 50.2 Å². The third-order valence-corrected chi connectivity index (χ3v) is 24.8. The molecule has 91 heavy (non-hydrogen) atoms. The van der Waals surface area contributed by atoms with Crippen LogP contribution in [0.15, 0.2) is 347 Å². The van der Waals surface area contributed by atoms with Crippen molar-refractivity contribution in [2.45, 2.75) is 18.8 Å². The van der Waals surface area contributed by atoms with Crippen LogP contribution in [0, 0.1) is 0 Å². The van der Waals surface area contributed by atoms with Gasteiger partial charge in [-0.1, -0.05) is 267 Å². The zero-order chi connectivity index (χ0) is 60.3. The number of hydrogen-bond acceptors (Lipinski definition) is 2. The van der Waals surface area contributed by atoms with Crippen molar-refractivity contribution in [1.29, 1.82) is 0 Å². The predicted molar refractivity (Wildman–Crippen MR) is 382 cm³/mol. The average Bonchev–Trinajstić information content (AvgIpc) is 0.970. The highest BCUT2D eigenvalue weighted by atomic mass is 28.3. The lowest BCUT2D eigenvalue weighted by atomic mass is 9.60. The first-order chi connectivity index (χ1) is 45.0. The summed E-state index contributed by atoms with van der Waals surface area (Å²) in [6.45, 7) is 7.01. The first kappa shape index (κ1) is 52.8. The molecule has 0 fully saturated rings. The van der Waals surface area contributed by atoms with Gasteiger partial charge in [-0.15, -0.1) is 0 Å². The Kier molecular flexibility index (Phi) is 12.1. The average molecular weight is 1180 g/mol. The highest BCUT2D eigenvalue weighted by Crippen LogP contribution is 2.60. The van der Waals surface area contributed by atoms with Gasteiger partial charge < -0.3 is 13.4 Å². The maximum absolute atomic E-state index is 6.42. The van der Waals surface area contributed by atoms with Gasteiger partial charge in [0.2, 0.25) is 0 Å². The van der Waals surface area contributed by atoms with Gasteiger partial charge in [0.15, 0.2) is 8.07 Å². The van der Waals surface area contributed by atoms with E-state index in [9.17, 15) is 0 Å². The number of hydrogen-bond donors (Lipinski definition) is 0. The van der Waals surface area contributed by atoms with Crippen LogP contribution in [0.2, 0.25) is 0 Å². The van der Waals surface area contributed by atoms with E-state index < -0.39 is 8.07 Å². The Balaban J connectivity index is 0.860. The lowest BCUT2D eigenvalue weighted by molar-refractivity contribution is 0.668. The fourth-order valence-corrected chi connectivity index (χ4v) is 21.2. The SMILES string of the molecule is C=C/C=C(\C1=C(C)C2c3ccccc3C1c1c2cccc1-n1c2ccccc2c2cc(-c3c(-c4ccc5oc6ccccc6c5c4)cccc3-c3ccc4oc5ccccc5c4c3)ccc21)[Si](c1ccccc1)(c1ccccc1)c1ccc(-c2ccccc2)cc1. The summed E-state index contributed by atoms with van der Waals surface area (Å²) in [6, 6.07) is 113. The molecule has 0 saturated heterocycles. The lowest BCUT2D eigenvalue weighted by Gasteiger charge is -2.48. The van der Waals surface area contributed by atoms with Gasteiger partial charge in [-0.05, 0) is 161 Å². The molecule has 3 aromatic heterocycles. The van der Waals surface area contributed by atoms with Gasteiger partial charge in [0.25, 0.3) is 0 Å². The Hall–Kier alpha value is -11.3. The van der Waals surface area contributed by atoms with E-state index in [4.69, 9.17) is 8.83 Å². The van der Waals surface area contributed by atoms with Gasteiger partial charge in [-0.3, -0.25) is 0 Å². The standard InChI is InChI=1S/C87H59NO2Si/c1-3-23-82(91(61-26-9-5-10-27-61,62-28-11-6-12-29-62)63-47-42-57(43-48-63)56-24-7-4-8-25-56)84-55(2)83-69-33-13-14-34-70(69)87(84)86-71(83)37-22-39-77(86)88-75-38-18-15-30-66(75)72-54-60(44-49-76(72)88)85-64(58-45-50-80-73(52-58)67-31-16-19-40-78(67)89-80)35-21-36-65(85)59-46-51-81-74(53-59)68-32-17-20-41-79(68)90-81/h3-54,83,87H,1H2,2H3/b82-23+. The second-order valence-electron chi connectivity index (χ2n) is 24.5. The first-order valence-electron chi connectivity index (χ1n) is 31.6. The zero-order valence-corrected chi connectivity index (χ0v) is 51.1. The summed E-state index contributed by atoms with van der Waals surface area (Å²) in [6.07, 6.45) is 4.47. The molecule has 0 spiro atoms. The number of nitrogens with zero attached hydrogens (tertiary/aromatic N) is 1. The van der Waals surface area contributed by atoms with Crippen LogP contribution in [0.3, 0.4) is 0 Å². The minimum Gasteiger partial charge on any atom is -0.456 e. The Morgan fingerprint density at radius 1 is 0.374 bits per heavy atom. The van der Waals surface area contributed by atoms with Crippen molar-refractivity contribution >= 4 is 89.3 Å². The van der Waals surface area contributed by atoms with Crippen molar-refractivity contribution in [2.24, 2.45) is 0 Å². The Bertz CT molecular complexity index is 5510. The number of allylic oxidation sites excluding steroid dienone is 5. The molecule has 3 aliphatic carbocycles. The zero-order valence-electron chi connectivity index (χ0n) is 50.1. The number of para-hydroxylation sites is 3. The van der Waals surface area contributed by atoms with E-state index in [0.29, 0.717) is 0 Å². The van der Waals surface area contributed by atoms with E-state index in [1.54, 1.807) is 0 Å². The van der Waals surface area contributed by atoms with Gasteiger partial charge >= 0.3 is 0 Å². The molecule has 0 saturated carbocycles. The van der Waals surface area contributed by atoms with E-state index in [-0.39, 0.29) is 11.8 Å². The van der Waals surface area contributed by atoms with Crippen LogP contribution in [-0.2, 0) is 0 Å². The molecule has 0 amide bonds. The van der Waals surface area contributed by atoms with Crippen LogP contribution in [0.5, 0.6) is 0 Å². The maximum atomic E-state index is 6.42. The largest absolute Gasteiger partial charge is 0.456 e. The molecule has 428 valence electrons. The highest BCUT2D eigenvalue weighted by molar-refractivity contribution is 7.16. The number of aromatic nitrogens is 1. The molecule has 3 heterocycles. The normalized spacial score (nSPS) is 14.7. The highest BCUT2D eigenvalue weighted by Gasteiger charge is 2.51. The summed E-state index contributed by atoms with van der Waals surface area (Å²) in [5, 5.41) is 12.2. The monoisotopic (exact) mass is 1180 g/mol. The minimum absolute atomic E-state index is 0.0196. The molecule has 3 nitrogen and oxygen atoms in total. The Labute approximate surface area is 529 Å². The molecular formula is C87H59NO2Si. The quantitative estimate of drug-likeness (QED) is 0.0734. The Morgan fingerprint density at radius 2 is 0.835 bits per heavy atom. The molecule has 2 bridgehead atoms. The van der Waals surface area contributed by atoms with Crippen molar-refractivity contribution in [3.05, 3.63) is 361 Å². The summed E-state index contributed by atoms with van der Waals surface area (Å²) in [5.74, 6) is -0.0908. The number of benzene rings is 13. The second-order valence-corrected chi connectivity index (χ2v) is 28.3. The van der Waals surface area contributed by atoms with Crippen molar-refractivity contribution in [2.75, 3.05) is 0 Å². The number of rotatable bonds is 11. The van der Waals surface area contributed by atoms with Crippen LogP contribution in [0.25, 0.3) is 116 Å².